The second-order valence-corrected chi connectivity index (χ2v) is 8.33. The molecular weight excluding hydrogens is 284 g/mol. The Bertz CT molecular complexity index is 622. The van der Waals surface area contributed by atoms with Crippen LogP contribution in [0.2, 0.25) is 0 Å². The van der Waals surface area contributed by atoms with Gasteiger partial charge in [0.15, 0.2) is 0 Å². The Labute approximate surface area is 139 Å². The van der Waals surface area contributed by atoms with Crippen molar-refractivity contribution in [1.82, 2.24) is 4.90 Å². The lowest BCUT2D eigenvalue weighted by Gasteiger charge is -2.62. The summed E-state index contributed by atoms with van der Waals surface area (Å²) in [6.45, 7) is 5.05. The molecule has 6 rings (SSSR count). The second kappa shape index (κ2) is 4.89. The summed E-state index contributed by atoms with van der Waals surface area (Å²) in [6, 6.07) is 7.40. The van der Waals surface area contributed by atoms with Crippen LogP contribution in [0.15, 0.2) is 18.2 Å². The van der Waals surface area contributed by atoms with Crippen molar-refractivity contribution >= 4 is 5.69 Å². The maximum absolute atomic E-state index is 5.44. The molecule has 1 N–H and O–H groups in total. The van der Waals surface area contributed by atoms with Crippen LogP contribution in [0.1, 0.15) is 38.2 Å². The van der Waals surface area contributed by atoms with Gasteiger partial charge in [-0.25, -0.2) is 0 Å². The lowest BCUT2D eigenvalue weighted by Crippen LogP contribution is -2.69. The minimum Gasteiger partial charge on any atom is -0.497 e. The number of nitrogens with one attached hydrogen (secondary N) is 1. The van der Waals surface area contributed by atoms with Crippen molar-refractivity contribution in [1.29, 1.82) is 0 Å². The Morgan fingerprint density at radius 3 is 3.09 bits per heavy atom. The van der Waals surface area contributed by atoms with Crippen molar-refractivity contribution in [2.24, 2.45) is 17.8 Å². The number of hydrogen-bond acceptors (Lipinski definition) is 3. The van der Waals surface area contributed by atoms with E-state index in [0.29, 0.717) is 5.54 Å². The van der Waals surface area contributed by atoms with Crippen molar-refractivity contribution in [3.63, 3.8) is 0 Å². The Hall–Kier alpha value is -1.22. The molecule has 0 aromatic heterocycles. The molecule has 1 saturated carbocycles. The van der Waals surface area contributed by atoms with E-state index in [0.717, 1.165) is 29.5 Å². The normalized spacial score (nSPS) is 43.3. The first-order chi connectivity index (χ1) is 11.2. The van der Waals surface area contributed by atoms with Gasteiger partial charge in [0.25, 0.3) is 0 Å². The summed E-state index contributed by atoms with van der Waals surface area (Å²) in [5.41, 5.74) is 3.13. The minimum absolute atomic E-state index is 0.308. The Morgan fingerprint density at radius 2 is 2.26 bits per heavy atom. The smallest absolute Gasteiger partial charge is 0.119 e. The summed E-state index contributed by atoms with van der Waals surface area (Å²) in [7, 11) is 1.77. The van der Waals surface area contributed by atoms with E-state index in [1.54, 1.807) is 7.11 Å². The number of hydrogen-bond donors (Lipinski definition) is 1. The van der Waals surface area contributed by atoms with Crippen LogP contribution in [0.3, 0.4) is 0 Å². The Morgan fingerprint density at radius 1 is 1.35 bits per heavy atom. The molecule has 0 amide bonds. The van der Waals surface area contributed by atoms with Crippen LogP contribution in [-0.2, 0) is 6.42 Å². The molecule has 5 aliphatic rings. The largest absolute Gasteiger partial charge is 0.497 e. The molecule has 3 nitrogen and oxygen atoms in total. The lowest BCUT2D eigenvalue weighted by molar-refractivity contribution is -0.0969. The first kappa shape index (κ1) is 14.2. The van der Waals surface area contributed by atoms with E-state index in [9.17, 15) is 0 Å². The van der Waals surface area contributed by atoms with Crippen molar-refractivity contribution in [3.8, 4) is 5.75 Å². The van der Waals surface area contributed by atoms with Crippen LogP contribution >= 0.6 is 0 Å². The zero-order chi connectivity index (χ0) is 15.6. The zero-order valence-corrected chi connectivity index (χ0v) is 14.3. The van der Waals surface area contributed by atoms with Crippen molar-refractivity contribution in [2.75, 3.05) is 25.5 Å². The van der Waals surface area contributed by atoms with E-state index < -0.39 is 0 Å². The van der Waals surface area contributed by atoms with Crippen molar-refractivity contribution in [3.05, 3.63) is 23.8 Å². The number of benzene rings is 1. The van der Waals surface area contributed by atoms with Gasteiger partial charge in [-0.15, -0.1) is 0 Å². The molecule has 4 heterocycles. The van der Waals surface area contributed by atoms with Gasteiger partial charge in [0.1, 0.15) is 5.75 Å². The molecule has 1 aromatic rings. The number of ether oxygens (including phenoxy) is 1. The maximum atomic E-state index is 5.44. The van der Waals surface area contributed by atoms with Gasteiger partial charge in [0.05, 0.1) is 7.11 Å². The van der Waals surface area contributed by atoms with Gasteiger partial charge in [0.2, 0.25) is 0 Å². The lowest BCUT2D eigenvalue weighted by atomic mass is 9.57. The predicted molar refractivity (Wildman–Crippen MR) is 93.0 cm³/mol. The van der Waals surface area contributed by atoms with Crippen LogP contribution in [-0.4, -0.2) is 36.7 Å². The van der Waals surface area contributed by atoms with Crippen molar-refractivity contribution in [2.45, 2.75) is 50.6 Å². The molecule has 23 heavy (non-hydrogen) atoms. The molecule has 1 aromatic carbocycles. The summed E-state index contributed by atoms with van der Waals surface area (Å²) in [4.78, 5) is 2.84. The highest BCUT2D eigenvalue weighted by molar-refractivity contribution is 5.62. The topological polar surface area (TPSA) is 24.5 Å². The molecule has 1 aliphatic carbocycles. The summed E-state index contributed by atoms with van der Waals surface area (Å²) >= 11 is 0. The summed E-state index contributed by atoms with van der Waals surface area (Å²) < 4.78 is 5.44. The Kier molecular flexibility index (Phi) is 3.01. The predicted octanol–water partition coefficient (Wildman–Crippen LogP) is 3.54. The molecular formula is C20H28N2O. The van der Waals surface area contributed by atoms with E-state index in [4.69, 9.17) is 4.74 Å². The van der Waals surface area contributed by atoms with Gasteiger partial charge in [-0.2, -0.15) is 0 Å². The van der Waals surface area contributed by atoms with Crippen LogP contribution in [0.4, 0.5) is 5.69 Å². The molecule has 4 fully saturated rings. The van der Waals surface area contributed by atoms with Gasteiger partial charge in [0, 0.05) is 30.4 Å². The fourth-order valence-electron chi connectivity index (χ4n) is 6.37. The van der Waals surface area contributed by atoms with Gasteiger partial charge in [-0.05, 0) is 67.2 Å². The number of piperidine rings is 3. The third-order valence-electron chi connectivity index (χ3n) is 7.31. The molecule has 6 atom stereocenters. The van der Waals surface area contributed by atoms with Crippen molar-refractivity contribution < 1.29 is 4.74 Å². The van der Waals surface area contributed by atoms with E-state index in [-0.39, 0.29) is 0 Å². The maximum Gasteiger partial charge on any atom is 0.119 e. The highest BCUT2D eigenvalue weighted by Crippen LogP contribution is 2.55. The van der Waals surface area contributed by atoms with E-state index in [1.807, 2.05) is 0 Å². The number of fused-ring (bicyclic) bond motifs is 2. The molecule has 3 saturated heterocycles. The molecule has 1 spiro atoms. The zero-order valence-electron chi connectivity index (χ0n) is 14.3. The minimum atomic E-state index is 0.308. The Balaban J connectivity index is 1.50. The summed E-state index contributed by atoms with van der Waals surface area (Å²) in [6.07, 6.45) is 6.76. The number of methoxy groups -OCH3 is 1. The number of anilines is 1. The third kappa shape index (κ3) is 1.92. The highest BCUT2D eigenvalue weighted by atomic mass is 16.5. The molecule has 0 radical (unpaired) electrons. The fraction of sp³-hybridized carbons (Fsp3) is 0.700. The van der Waals surface area contributed by atoms with Gasteiger partial charge >= 0.3 is 0 Å². The van der Waals surface area contributed by atoms with Crippen LogP contribution in [0.5, 0.6) is 5.75 Å². The van der Waals surface area contributed by atoms with E-state index in [1.165, 1.54) is 56.4 Å². The summed E-state index contributed by atoms with van der Waals surface area (Å²) in [5.74, 6) is 3.68. The van der Waals surface area contributed by atoms with E-state index in [2.05, 4.69) is 35.3 Å². The van der Waals surface area contributed by atoms with Crippen LogP contribution in [0, 0.1) is 17.8 Å². The molecule has 1 unspecified atom stereocenters. The SMILES string of the molecule is CC[C@@H]1C[C@H]2C[C@H]3[C@@H]1N(CC[C@]31Cc3cc(OC)ccc3N1)C2. The average Bonchev–Trinajstić information content (AvgIpc) is 2.97. The molecule has 4 aliphatic heterocycles. The standard InChI is InChI=1S/C20H28N2O/c1-3-14-8-13-9-17-19(14)22(12-13)7-6-20(17)11-15-10-16(23-2)4-5-18(15)21-20/h4-5,10,13-14,17,19,21H,3,6-9,11-12H2,1-2H3/t13-,14+,17-,19+,20-/m0/s1. The first-order valence-corrected chi connectivity index (χ1v) is 9.41. The number of rotatable bonds is 2. The third-order valence-corrected chi connectivity index (χ3v) is 7.31. The summed E-state index contributed by atoms with van der Waals surface area (Å²) in [5, 5.41) is 4.00. The molecule has 124 valence electrons. The van der Waals surface area contributed by atoms with Gasteiger partial charge < -0.3 is 10.1 Å². The second-order valence-electron chi connectivity index (χ2n) is 8.33. The fourth-order valence-corrected chi connectivity index (χ4v) is 6.37. The highest BCUT2D eigenvalue weighted by Gasteiger charge is 2.58. The number of nitrogens with zero attached hydrogens (tertiary/aromatic N) is 1. The monoisotopic (exact) mass is 312 g/mol. The quantitative estimate of drug-likeness (QED) is 0.904. The van der Waals surface area contributed by atoms with Gasteiger partial charge in [-0.1, -0.05) is 13.3 Å². The van der Waals surface area contributed by atoms with Gasteiger partial charge in [-0.3, -0.25) is 4.90 Å². The van der Waals surface area contributed by atoms with Crippen LogP contribution in [0.25, 0.3) is 0 Å². The first-order valence-electron chi connectivity index (χ1n) is 9.41. The van der Waals surface area contributed by atoms with E-state index >= 15 is 0 Å². The average molecular weight is 312 g/mol. The molecule has 4 bridgehead atoms. The molecule has 3 heteroatoms. The van der Waals surface area contributed by atoms with Crippen LogP contribution < -0.4 is 10.1 Å².